The summed E-state index contributed by atoms with van der Waals surface area (Å²) in [5.41, 5.74) is 6.19. The Morgan fingerprint density at radius 1 is 1.44 bits per heavy atom. The van der Waals surface area contributed by atoms with Crippen LogP contribution in [-0.4, -0.2) is 23.9 Å². The highest BCUT2D eigenvalue weighted by Gasteiger charge is 2.24. The van der Waals surface area contributed by atoms with E-state index >= 15 is 0 Å². The van der Waals surface area contributed by atoms with Crippen molar-refractivity contribution in [3.63, 3.8) is 0 Å². The molecule has 1 aromatic carbocycles. The first-order chi connectivity index (χ1) is 7.59. The molecule has 1 aliphatic rings. The number of hydrogen-bond donors (Lipinski definition) is 3. The SMILES string of the molecule is NC(C(=O)O)C(S)c1ccc2c(c1)OCO2. The molecule has 2 rings (SSSR count). The molecule has 1 aliphatic heterocycles. The number of hydrogen-bond acceptors (Lipinski definition) is 5. The molecule has 0 saturated heterocycles. The Kier molecular flexibility index (Phi) is 2.93. The Morgan fingerprint density at radius 2 is 2.12 bits per heavy atom. The van der Waals surface area contributed by atoms with Gasteiger partial charge < -0.3 is 20.3 Å². The van der Waals surface area contributed by atoms with Crippen LogP contribution >= 0.6 is 12.6 Å². The molecule has 1 heterocycles. The Balaban J connectivity index is 2.24. The fourth-order valence-corrected chi connectivity index (χ4v) is 1.73. The van der Waals surface area contributed by atoms with Crippen molar-refractivity contribution in [2.24, 2.45) is 5.73 Å². The highest BCUT2D eigenvalue weighted by Crippen LogP contribution is 2.36. The number of nitrogens with two attached hydrogens (primary N) is 1. The van der Waals surface area contributed by atoms with Crippen LogP contribution in [0.4, 0.5) is 0 Å². The summed E-state index contributed by atoms with van der Waals surface area (Å²) in [6.07, 6.45) is 0. The van der Waals surface area contributed by atoms with Crippen LogP contribution in [0.5, 0.6) is 11.5 Å². The molecule has 0 spiro atoms. The molecule has 3 N–H and O–H groups in total. The quantitative estimate of drug-likeness (QED) is 0.682. The Hall–Kier alpha value is -1.40. The van der Waals surface area contributed by atoms with E-state index < -0.39 is 17.3 Å². The van der Waals surface area contributed by atoms with Crippen molar-refractivity contribution >= 4 is 18.6 Å². The molecule has 6 heteroatoms. The van der Waals surface area contributed by atoms with Crippen LogP contribution in [0.2, 0.25) is 0 Å². The third-order valence-electron chi connectivity index (χ3n) is 2.36. The summed E-state index contributed by atoms with van der Waals surface area (Å²) in [6.45, 7) is 0.182. The van der Waals surface area contributed by atoms with Gasteiger partial charge in [-0.2, -0.15) is 12.6 Å². The minimum atomic E-state index is -1.09. The van der Waals surface area contributed by atoms with Gasteiger partial charge in [0.25, 0.3) is 0 Å². The van der Waals surface area contributed by atoms with Crippen LogP contribution in [0.3, 0.4) is 0 Å². The second-order valence-electron chi connectivity index (χ2n) is 3.42. The predicted octanol–water partition coefficient (Wildman–Crippen LogP) is 0.798. The van der Waals surface area contributed by atoms with Gasteiger partial charge >= 0.3 is 5.97 Å². The normalized spacial score (nSPS) is 16.9. The first kappa shape index (κ1) is 11.1. The standard InChI is InChI=1S/C10H11NO4S/c11-8(10(12)13)9(16)5-1-2-6-7(3-5)15-4-14-6/h1-3,8-9,16H,4,11H2,(H,12,13). The number of ether oxygens (including phenoxy) is 2. The summed E-state index contributed by atoms with van der Waals surface area (Å²) in [4.78, 5) is 10.7. The summed E-state index contributed by atoms with van der Waals surface area (Å²) in [7, 11) is 0. The largest absolute Gasteiger partial charge is 0.480 e. The lowest BCUT2D eigenvalue weighted by Crippen LogP contribution is -2.34. The van der Waals surface area contributed by atoms with Crippen LogP contribution in [0.15, 0.2) is 18.2 Å². The van der Waals surface area contributed by atoms with Crippen molar-refractivity contribution in [3.8, 4) is 11.5 Å². The molecule has 0 bridgehead atoms. The summed E-state index contributed by atoms with van der Waals surface area (Å²) in [5.74, 6) is 0.153. The fourth-order valence-electron chi connectivity index (χ4n) is 1.44. The molecule has 0 radical (unpaired) electrons. The van der Waals surface area contributed by atoms with E-state index in [2.05, 4.69) is 12.6 Å². The van der Waals surface area contributed by atoms with Crippen LogP contribution in [0.1, 0.15) is 10.8 Å². The molecule has 2 atom stereocenters. The average molecular weight is 241 g/mol. The number of carboxylic acids is 1. The van der Waals surface area contributed by atoms with Crippen molar-refractivity contribution in [1.29, 1.82) is 0 Å². The first-order valence-electron chi connectivity index (χ1n) is 4.65. The molecule has 86 valence electrons. The number of rotatable bonds is 3. The second kappa shape index (κ2) is 4.23. The molecule has 0 saturated carbocycles. The zero-order valence-corrected chi connectivity index (χ0v) is 9.18. The van der Waals surface area contributed by atoms with Crippen molar-refractivity contribution in [2.75, 3.05) is 6.79 Å². The maximum absolute atomic E-state index is 10.7. The zero-order chi connectivity index (χ0) is 11.7. The Bertz CT molecular complexity index is 423. The van der Waals surface area contributed by atoms with Gasteiger partial charge in [-0.3, -0.25) is 4.79 Å². The number of carboxylic acid groups (broad SMARTS) is 1. The minimum Gasteiger partial charge on any atom is -0.480 e. The molecule has 1 aromatic rings. The van der Waals surface area contributed by atoms with E-state index in [0.717, 1.165) is 0 Å². The number of carbonyl (C=O) groups is 1. The minimum absolute atomic E-state index is 0.182. The number of thiol groups is 1. The highest BCUT2D eigenvalue weighted by atomic mass is 32.1. The average Bonchev–Trinajstić information content (AvgIpc) is 2.73. The van der Waals surface area contributed by atoms with Crippen LogP contribution in [-0.2, 0) is 4.79 Å². The van der Waals surface area contributed by atoms with Crippen LogP contribution in [0.25, 0.3) is 0 Å². The molecule has 0 fully saturated rings. The van der Waals surface area contributed by atoms with Gasteiger partial charge in [-0.25, -0.2) is 0 Å². The maximum Gasteiger partial charge on any atom is 0.321 e. The lowest BCUT2D eigenvalue weighted by atomic mass is 10.1. The number of benzene rings is 1. The van der Waals surface area contributed by atoms with Gasteiger partial charge in [0.1, 0.15) is 6.04 Å². The predicted molar refractivity (Wildman–Crippen MR) is 59.9 cm³/mol. The third kappa shape index (κ3) is 1.94. The maximum atomic E-state index is 10.7. The van der Waals surface area contributed by atoms with Crippen LogP contribution < -0.4 is 15.2 Å². The molecule has 16 heavy (non-hydrogen) atoms. The van der Waals surface area contributed by atoms with Gasteiger partial charge in [-0.05, 0) is 17.7 Å². The second-order valence-corrected chi connectivity index (χ2v) is 3.98. The molecule has 5 nitrogen and oxygen atoms in total. The van der Waals surface area contributed by atoms with Gasteiger partial charge in [0.05, 0.1) is 5.25 Å². The summed E-state index contributed by atoms with van der Waals surface area (Å²) < 4.78 is 10.3. The summed E-state index contributed by atoms with van der Waals surface area (Å²) >= 11 is 4.19. The topological polar surface area (TPSA) is 81.8 Å². The number of aliphatic carboxylic acids is 1. The van der Waals surface area contributed by atoms with Gasteiger partial charge in [-0.1, -0.05) is 6.07 Å². The van der Waals surface area contributed by atoms with Crippen LogP contribution in [0, 0.1) is 0 Å². The lowest BCUT2D eigenvalue weighted by Gasteiger charge is -2.15. The monoisotopic (exact) mass is 241 g/mol. The molecule has 0 aromatic heterocycles. The Labute approximate surface area is 97.6 Å². The van der Waals surface area contributed by atoms with Gasteiger partial charge in [-0.15, -0.1) is 0 Å². The molecule has 0 aliphatic carbocycles. The van der Waals surface area contributed by atoms with Gasteiger partial charge in [0.15, 0.2) is 11.5 Å². The molecule has 0 amide bonds. The molecule has 2 unspecified atom stereocenters. The lowest BCUT2D eigenvalue weighted by molar-refractivity contribution is -0.138. The fraction of sp³-hybridized carbons (Fsp3) is 0.300. The van der Waals surface area contributed by atoms with E-state index in [1.807, 2.05) is 0 Å². The van der Waals surface area contributed by atoms with Crippen molar-refractivity contribution in [3.05, 3.63) is 23.8 Å². The smallest absolute Gasteiger partial charge is 0.321 e. The first-order valence-corrected chi connectivity index (χ1v) is 5.17. The van der Waals surface area contributed by atoms with Gasteiger partial charge in [0, 0.05) is 0 Å². The van der Waals surface area contributed by atoms with E-state index in [9.17, 15) is 4.79 Å². The molecular formula is C10H11NO4S. The van der Waals surface area contributed by atoms with E-state index in [1.54, 1.807) is 18.2 Å². The van der Waals surface area contributed by atoms with Crippen molar-refractivity contribution in [2.45, 2.75) is 11.3 Å². The summed E-state index contributed by atoms with van der Waals surface area (Å²) in [5, 5.41) is 8.20. The van der Waals surface area contributed by atoms with E-state index in [0.29, 0.717) is 17.1 Å². The van der Waals surface area contributed by atoms with E-state index in [1.165, 1.54) is 0 Å². The Morgan fingerprint density at radius 3 is 2.81 bits per heavy atom. The van der Waals surface area contributed by atoms with E-state index in [-0.39, 0.29) is 6.79 Å². The van der Waals surface area contributed by atoms with Crippen molar-refractivity contribution < 1.29 is 19.4 Å². The number of fused-ring (bicyclic) bond motifs is 1. The van der Waals surface area contributed by atoms with Crippen molar-refractivity contribution in [1.82, 2.24) is 0 Å². The van der Waals surface area contributed by atoms with E-state index in [4.69, 9.17) is 20.3 Å². The van der Waals surface area contributed by atoms with Gasteiger partial charge in [0.2, 0.25) is 6.79 Å². The molecular weight excluding hydrogens is 230 g/mol. The summed E-state index contributed by atoms with van der Waals surface area (Å²) in [6, 6.07) is 4.09. The highest BCUT2D eigenvalue weighted by molar-refractivity contribution is 7.80. The zero-order valence-electron chi connectivity index (χ0n) is 8.29. The third-order valence-corrected chi connectivity index (χ3v) is 2.98.